The third-order valence-corrected chi connectivity index (χ3v) is 6.65. The zero-order valence-electron chi connectivity index (χ0n) is 21.0. The van der Waals surface area contributed by atoms with E-state index in [4.69, 9.17) is 4.74 Å². The molecule has 0 atom stereocenters. The second kappa shape index (κ2) is 11.2. The second-order valence-electron chi connectivity index (χ2n) is 8.29. The van der Waals surface area contributed by atoms with E-state index >= 15 is 0 Å². The maximum atomic E-state index is 12.7. The van der Waals surface area contributed by atoms with Crippen LogP contribution in [-0.2, 0) is 21.4 Å². The number of anilines is 2. The number of amides is 1. The number of rotatable bonds is 9. The van der Waals surface area contributed by atoms with Gasteiger partial charge in [0.2, 0.25) is 5.91 Å². The molecule has 0 aliphatic heterocycles. The summed E-state index contributed by atoms with van der Waals surface area (Å²) >= 11 is 0. The molecule has 0 spiro atoms. The predicted octanol–water partition coefficient (Wildman–Crippen LogP) is 3.16. The molecule has 0 unspecified atom stereocenters. The van der Waals surface area contributed by atoms with Crippen molar-refractivity contribution in [3.63, 3.8) is 0 Å². The van der Waals surface area contributed by atoms with Gasteiger partial charge in [0.15, 0.2) is 0 Å². The molecule has 0 saturated carbocycles. The van der Waals surface area contributed by atoms with Gasteiger partial charge >= 0.3 is 0 Å². The fourth-order valence-corrected chi connectivity index (χ4v) is 4.62. The van der Waals surface area contributed by atoms with Gasteiger partial charge in [-0.15, -0.1) is 0 Å². The number of nitrogens with zero attached hydrogens (tertiary/aromatic N) is 4. The Morgan fingerprint density at radius 3 is 2.34 bits per heavy atom. The Bertz CT molecular complexity index is 1600. The van der Waals surface area contributed by atoms with E-state index in [9.17, 15) is 18.0 Å². The van der Waals surface area contributed by atoms with Crippen LogP contribution < -0.4 is 20.3 Å². The molecule has 11 nitrogen and oxygen atoms in total. The second-order valence-corrected chi connectivity index (χ2v) is 9.97. The fraction of sp³-hybridized carbons (Fsp3) is 0.192. The van der Waals surface area contributed by atoms with Gasteiger partial charge in [-0.1, -0.05) is 0 Å². The van der Waals surface area contributed by atoms with Crippen molar-refractivity contribution in [2.24, 2.45) is 0 Å². The van der Waals surface area contributed by atoms with E-state index in [2.05, 4.69) is 25.1 Å². The number of hydrogen-bond acceptors (Lipinski definition) is 8. The van der Waals surface area contributed by atoms with Gasteiger partial charge in [-0.2, -0.15) is 5.10 Å². The molecule has 4 aromatic rings. The maximum absolute atomic E-state index is 12.7. The molecule has 4 rings (SSSR count). The van der Waals surface area contributed by atoms with Crippen molar-refractivity contribution >= 4 is 27.4 Å². The smallest absolute Gasteiger partial charge is 0.267 e. The minimum absolute atomic E-state index is 0.00893. The molecule has 1 amide bonds. The number of carbonyl (C=O) groups excluding carboxylic acids is 1. The van der Waals surface area contributed by atoms with Gasteiger partial charge in [0.05, 0.1) is 17.2 Å². The molecule has 2 aromatic heterocycles. The molecule has 0 aliphatic rings. The van der Waals surface area contributed by atoms with E-state index in [0.29, 0.717) is 29.5 Å². The third-order valence-electron chi connectivity index (χ3n) is 5.27. The maximum Gasteiger partial charge on any atom is 0.267 e. The Morgan fingerprint density at radius 1 is 0.974 bits per heavy atom. The normalized spacial score (nSPS) is 11.1. The van der Waals surface area contributed by atoms with Crippen LogP contribution in [0.4, 0.5) is 11.5 Å². The lowest BCUT2D eigenvalue weighted by Gasteiger charge is -2.11. The van der Waals surface area contributed by atoms with E-state index in [1.54, 1.807) is 32.0 Å². The van der Waals surface area contributed by atoms with E-state index < -0.39 is 21.5 Å². The first-order valence-electron chi connectivity index (χ1n) is 11.7. The van der Waals surface area contributed by atoms with E-state index in [1.165, 1.54) is 36.4 Å². The number of sulfonamides is 1. The average molecular weight is 535 g/mol. The Labute approximate surface area is 219 Å². The molecule has 12 heteroatoms. The van der Waals surface area contributed by atoms with Gasteiger partial charge in [0, 0.05) is 29.1 Å². The van der Waals surface area contributed by atoms with Crippen LogP contribution in [0.15, 0.2) is 76.4 Å². The summed E-state index contributed by atoms with van der Waals surface area (Å²) in [5, 5.41) is 6.95. The highest BCUT2D eigenvalue weighted by Crippen LogP contribution is 2.20. The highest BCUT2D eigenvalue weighted by molar-refractivity contribution is 7.92. The monoisotopic (exact) mass is 534 g/mol. The van der Waals surface area contributed by atoms with Gasteiger partial charge in [0.1, 0.15) is 23.9 Å². The van der Waals surface area contributed by atoms with Crippen molar-refractivity contribution < 1.29 is 17.9 Å². The minimum atomic E-state index is -3.90. The zero-order chi connectivity index (χ0) is 27.3. The summed E-state index contributed by atoms with van der Waals surface area (Å²) in [6.07, 6.45) is 0. The first-order valence-corrected chi connectivity index (χ1v) is 13.2. The number of aryl methyl sites for hydroxylation is 2. The molecule has 0 saturated heterocycles. The van der Waals surface area contributed by atoms with Gasteiger partial charge in [-0.05, 0) is 75.4 Å². The lowest BCUT2D eigenvalue weighted by Crippen LogP contribution is -2.29. The fourth-order valence-electron chi connectivity index (χ4n) is 3.62. The van der Waals surface area contributed by atoms with Crippen LogP contribution in [0.25, 0.3) is 11.3 Å². The average Bonchev–Trinajstić information content (AvgIpc) is 2.85. The molecule has 2 heterocycles. The van der Waals surface area contributed by atoms with Crippen LogP contribution in [0, 0.1) is 13.8 Å². The van der Waals surface area contributed by atoms with Crippen LogP contribution >= 0.6 is 0 Å². The molecular formula is C26H26N6O5S. The predicted molar refractivity (Wildman–Crippen MR) is 142 cm³/mol. The Balaban J connectivity index is 1.43. The van der Waals surface area contributed by atoms with Gasteiger partial charge in [0.25, 0.3) is 15.6 Å². The summed E-state index contributed by atoms with van der Waals surface area (Å²) in [5.74, 6) is 0.832. The number of nitrogens with one attached hydrogen (secondary N) is 2. The first kappa shape index (κ1) is 26.5. The van der Waals surface area contributed by atoms with Gasteiger partial charge in [-0.3, -0.25) is 14.3 Å². The van der Waals surface area contributed by atoms with E-state index in [1.807, 2.05) is 19.1 Å². The molecule has 2 aromatic carbocycles. The molecule has 38 heavy (non-hydrogen) atoms. The van der Waals surface area contributed by atoms with Crippen molar-refractivity contribution in [3.05, 3.63) is 88.6 Å². The van der Waals surface area contributed by atoms with Crippen LogP contribution in [0.5, 0.6) is 5.75 Å². The van der Waals surface area contributed by atoms with Crippen molar-refractivity contribution in [1.29, 1.82) is 0 Å². The molecule has 2 N–H and O–H groups in total. The lowest BCUT2D eigenvalue weighted by molar-refractivity contribution is -0.117. The van der Waals surface area contributed by atoms with Crippen LogP contribution in [0.3, 0.4) is 0 Å². The Hall–Kier alpha value is -4.58. The summed E-state index contributed by atoms with van der Waals surface area (Å²) in [5.41, 5.74) is 1.85. The van der Waals surface area contributed by atoms with Gasteiger partial charge in [-0.25, -0.2) is 23.1 Å². The van der Waals surface area contributed by atoms with Crippen LogP contribution in [-0.4, -0.2) is 40.7 Å². The standard InChI is InChI=1S/C26H26N6O5S/c1-4-37-21-9-5-19(6-10-21)23-13-14-26(34)32(30-23)16-25(33)29-20-7-11-22(12-8-20)38(35,36)31-24-15-17(2)27-18(3)28-24/h5-15H,4,16H2,1-3H3,(H,29,33)(H,27,28,31). The van der Waals surface area contributed by atoms with Crippen molar-refractivity contribution in [2.45, 2.75) is 32.2 Å². The van der Waals surface area contributed by atoms with Crippen LogP contribution in [0.2, 0.25) is 0 Å². The minimum Gasteiger partial charge on any atom is -0.494 e. The van der Waals surface area contributed by atoms with Crippen LogP contribution in [0.1, 0.15) is 18.4 Å². The topological polar surface area (TPSA) is 145 Å². The highest BCUT2D eigenvalue weighted by Gasteiger charge is 2.16. The molecule has 0 bridgehead atoms. The quantitative estimate of drug-likeness (QED) is 0.333. The first-order chi connectivity index (χ1) is 18.1. The number of ether oxygens (including phenoxy) is 1. The van der Waals surface area contributed by atoms with E-state index in [-0.39, 0.29) is 17.3 Å². The summed E-state index contributed by atoms with van der Waals surface area (Å²) in [6.45, 7) is 5.53. The molecule has 0 radical (unpaired) electrons. The van der Waals surface area contributed by atoms with E-state index in [0.717, 1.165) is 16.0 Å². The zero-order valence-corrected chi connectivity index (χ0v) is 21.8. The SMILES string of the molecule is CCOc1ccc(-c2ccc(=O)n(CC(=O)Nc3ccc(S(=O)(=O)Nc4cc(C)nc(C)n4)cc3)n2)cc1. The number of carbonyl (C=O) groups is 1. The van der Waals surface area contributed by atoms with Crippen molar-refractivity contribution in [1.82, 2.24) is 19.7 Å². The lowest BCUT2D eigenvalue weighted by atomic mass is 10.1. The Kier molecular flexibility index (Phi) is 7.82. The van der Waals surface area contributed by atoms with Crippen molar-refractivity contribution in [3.8, 4) is 17.0 Å². The molecule has 196 valence electrons. The largest absolute Gasteiger partial charge is 0.494 e. The molecular weight excluding hydrogens is 508 g/mol. The summed E-state index contributed by atoms with van der Waals surface area (Å²) < 4.78 is 34.4. The summed E-state index contributed by atoms with van der Waals surface area (Å²) in [7, 11) is -3.90. The summed E-state index contributed by atoms with van der Waals surface area (Å²) in [6, 6.07) is 17.3. The van der Waals surface area contributed by atoms with Gasteiger partial charge < -0.3 is 10.1 Å². The summed E-state index contributed by atoms with van der Waals surface area (Å²) in [4.78, 5) is 33.1. The highest BCUT2D eigenvalue weighted by atomic mass is 32.2. The molecule has 0 aliphatic carbocycles. The third kappa shape index (κ3) is 6.59. The number of hydrogen-bond donors (Lipinski definition) is 2. The number of aromatic nitrogens is 4. The molecule has 0 fully saturated rings. The number of benzene rings is 2. The van der Waals surface area contributed by atoms with Crippen molar-refractivity contribution in [2.75, 3.05) is 16.6 Å². The Morgan fingerprint density at radius 2 is 1.68 bits per heavy atom.